The third-order valence-corrected chi connectivity index (χ3v) is 4.42. The van der Waals surface area contributed by atoms with Crippen molar-refractivity contribution in [3.8, 4) is 0 Å². The molecule has 1 aliphatic rings. The highest BCUT2D eigenvalue weighted by Gasteiger charge is 2.25. The van der Waals surface area contributed by atoms with Gasteiger partial charge < -0.3 is 5.11 Å². The average Bonchev–Trinajstić information content (AvgIpc) is 2.86. The molecule has 0 aliphatic carbocycles. The maximum absolute atomic E-state index is 10.1. The molecule has 0 bridgehead atoms. The van der Waals surface area contributed by atoms with Crippen LogP contribution in [0.2, 0.25) is 0 Å². The highest BCUT2D eigenvalue weighted by Crippen LogP contribution is 2.29. The number of rotatable bonds is 4. The van der Waals surface area contributed by atoms with Gasteiger partial charge in [0.25, 0.3) is 0 Å². The van der Waals surface area contributed by atoms with Gasteiger partial charge >= 0.3 is 0 Å². The van der Waals surface area contributed by atoms with Crippen molar-refractivity contribution in [3.05, 3.63) is 12.2 Å². The molecule has 0 radical (unpaired) electrons. The normalized spacial score (nSPS) is 22.9. The molecule has 16 heavy (non-hydrogen) atoms. The van der Waals surface area contributed by atoms with E-state index in [0.29, 0.717) is 17.7 Å². The van der Waals surface area contributed by atoms with Crippen molar-refractivity contribution in [1.29, 1.82) is 0 Å². The van der Waals surface area contributed by atoms with Crippen molar-refractivity contribution in [3.63, 3.8) is 0 Å². The SMILES string of the molecule is CC(C)n1ncnc1CC(O)C1CCCS1. The highest BCUT2D eigenvalue weighted by atomic mass is 32.2. The first kappa shape index (κ1) is 11.9. The van der Waals surface area contributed by atoms with Crippen LogP contribution in [-0.2, 0) is 6.42 Å². The van der Waals surface area contributed by atoms with Gasteiger partial charge in [0, 0.05) is 17.7 Å². The summed E-state index contributed by atoms with van der Waals surface area (Å²) < 4.78 is 1.89. The second-order valence-corrected chi connectivity index (χ2v) is 5.88. The third-order valence-electron chi connectivity index (χ3n) is 2.92. The Morgan fingerprint density at radius 3 is 3.06 bits per heavy atom. The van der Waals surface area contributed by atoms with Gasteiger partial charge in [0.05, 0.1) is 6.10 Å². The van der Waals surface area contributed by atoms with Crippen molar-refractivity contribution in [2.24, 2.45) is 0 Å². The number of aliphatic hydroxyl groups excluding tert-OH is 1. The van der Waals surface area contributed by atoms with E-state index in [2.05, 4.69) is 23.9 Å². The van der Waals surface area contributed by atoms with Gasteiger partial charge in [0.2, 0.25) is 0 Å². The maximum atomic E-state index is 10.1. The molecule has 2 atom stereocenters. The molecule has 1 fully saturated rings. The van der Waals surface area contributed by atoms with E-state index in [4.69, 9.17) is 0 Å². The van der Waals surface area contributed by atoms with E-state index < -0.39 is 0 Å². The minimum absolute atomic E-state index is 0.283. The average molecular weight is 241 g/mol. The predicted molar refractivity (Wildman–Crippen MR) is 65.6 cm³/mol. The molecule has 2 rings (SSSR count). The summed E-state index contributed by atoms with van der Waals surface area (Å²) in [6.07, 6.45) is 4.26. The summed E-state index contributed by atoms with van der Waals surface area (Å²) in [5.74, 6) is 2.08. The van der Waals surface area contributed by atoms with Gasteiger partial charge in [-0.05, 0) is 32.4 Å². The van der Waals surface area contributed by atoms with Crippen molar-refractivity contribution in [2.75, 3.05) is 5.75 Å². The molecule has 0 saturated carbocycles. The minimum atomic E-state index is -0.283. The smallest absolute Gasteiger partial charge is 0.138 e. The first-order chi connectivity index (χ1) is 7.68. The van der Waals surface area contributed by atoms with E-state index in [0.717, 1.165) is 12.2 Å². The predicted octanol–water partition coefficient (Wildman–Crippen LogP) is 1.66. The molecule has 2 unspecified atom stereocenters. The monoisotopic (exact) mass is 241 g/mol. The van der Waals surface area contributed by atoms with Crippen LogP contribution in [0.4, 0.5) is 0 Å². The summed E-state index contributed by atoms with van der Waals surface area (Å²) >= 11 is 1.88. The van der Waals surface area contributed by atoms with Crippen LogP contribution in [0.5, 0.6) is 0 Å². The lowest BCUT2D eigenvalue weighted by Crippen LogP contribution is -2.25. The Balaban J connectivity index is 1.99. The fourth-order valence-corrected chi connectivity index (χ4v) is 3.36. The second kappa shape index (κ2) is 5.19. The molecule has 5 heteroatoms. The first-order valence-electron chi connectivity index (χ1n) is 5.86. The lowest BCUT2D eigenvalue weighted by atomic mass is 10.1. The van der Waals surface area contributed by atoms with Crippen molar-refractivity contribution < 1.29 is 5.11 Å². The van der Waals surface area contributed by atoms with E-state index in [-0.39, 0.29) is 6.10 Å². The van der Waals surface area contributed by atoms with E-state index in [1.807, 2.05) is 16.4 Å². The zero-order chi connectivity index (χ0) is 11.5. The molecule has 1 aromatic rings. The molecule has 0 spiro atoms. The van der Waals surface area contributed by atoms with E-state index in [9.17, 15) is 5.11 Å². The molecule has 0 aromatic carbocycles. The molecule has 2 heterocycles. The number of aliphatic hydroxyl groups is 1. The Bertz CT molecular complexity index is 334. The molecule has 1 saturated heterocycles. The zero-order valence-corrected chi connectivity index (χ0v) is 10.7. The standard InChI is InChI=1S/C11H19N3OS/c1-8(2)14-11(12-7-13-14)6-9(15)10-4-3-5-16-10/h7-10,15H,3-6H2,1-2H3. The quantitative estimate of drug-likeness (QED) is 0.871. The Labute approximate surface area is 100 Å². The summed E-state index contributed by atoms with van der Waals surface area (Å²) in [7, 11) is 0. The number of aromatic nitrogens is 3. The van der Waals surface area contributed by atoms with Gasteiger partial charge in [0.1, 0.15) is 12.2 Å². The molecule has 4 nitrogen and oxygen atoms in total. The second-order valence-electron chi connectivity index (χ2n) is 4.54. The molecule has 1 aliphatic heterocycles. The van der Waals surface area contributed by atoms with Gasteiger partial charge in [0.15, 0.2) is 0 Å². The van der Waals surface area contributed by atoms with Crippen LogP contribution >= 0.6 is 11.8 Å². The number of hydrogen-bond acceptors (Lipinski definition) is 4. The molecule has 0 amide bonds. The summed E-state index contributed by atoms with van der Waals surface area (Å²) in [5.41, 5.74) is 0. The molecule has 1 N–H and O–H groups in total. The number of nitrogens with zero attached hydrogens (tertiary/aromatic N) is 3. The lowest BCUT2D eigenvalue weighted by Gasteiger charge is -2.17. The molecular weight excluding hydrogens is 222 g/mol. The van der Waals surface area contributed by atoms with Crippen LogP contribution < -0.4 is 0 Å². The van der Waals surface area contributed by atoms with Crippen LogP contribution in [-0.4, -0.2) is 37.0 Å². The minimum Gasteiger partial charge on any atom is -0.392 e. The van der Waals surface area contributed by atoms with Crippen LogP contribution in [0, 0.1) is 0 Å². The van der Waals surface area contributed by atoms with Crippen LogP contribution in [0.3, 0.4) is 0 Å². The summed E-state index contributed by atoms with van der Waals surface area (Å²) in [5, 5.41) is 14.7. The van der Waals surface area contributed by atoms with E-state index >= 15 is 0 Å². The summed E-state index contributed by atoms with van der Waals surface area (Å²) in [6, 6.07) is 0.306. The topological polar surface area (TPSA) is 50.9 Å². The molecule has 1 aromatic heterocycles. The van der Waals surface area contributed by atoms with Gasteiger partial charge in [-0.25, -0.2) is 9.67 Å². The summed E-state index contributed by atoms with van der Waals surface area (Å²) in [6.45, 7) is 4.16. The number of thioether (sulfide) groups is 1. The Morgan fingerprint density at radius 1 is 1.62 bits per heavy atom. The van der Waals surface area contributed by atoms with Crippen LogP contribution in [0.25, 0.3) is 0 Å². The third kappa shape index (κ3) is 2.58. The van der Waals surface area contributed by atoms with Crippen molar-refractivity contribution >= 4 is 11.8 Å². The number of hydrogen-bond donors (Lipinski definition) is 1. The van der Waals surface area contributed by atoms with Gasteiger partial charge in [-0.15, -0.1) is 0 Å². The van der Waals surface area contributed by atoms with Gasteiger partial charge in [-0.1, -0.05) is 0 Å². The highest BCUT2D eigenvalue weighted by molar-refractivity contribution is 8.00. The van der Waals surface area contributed by atoms with Gasteiger partial charge in [-0.2, -0.15) is 16.9 Å². The first-order valence-corrected chi connectivity index (χ1v) is 6.91. The lowest BCUT2D eigenvalue weighted by molar-refractivity contribution is 0.165. The van der Waals surface area contributed by atoms with Crippen molar-refractivity contribution in [1.82, 2.24) is 14.8 Å². The molecular formula is C11H19N3OS. The Hall–Kier alpha value is -0.550. The molecule has 90 valence electrons. The Kier molecular flexibility index (Phi) is 3.86. The summed E-state index contributed by atoms with van der Waals surface area (Å²) in [4.78, 5) is 4.23. The van der Waals surface area contributed by atoms with Gasteiger partial charge in [-0.3, -0.25) is 0 Å². The van der Waals surface area contributed by atoms with Crippen LogP contribution in [0.15, 0.2) is 6.33 Å². The van der Waals surface area contributed by atoms with E-state index in [1.165, 1.54) is 12.2 Å². The fourth-order valence-electron chi connectivity index (χ4n) is 2.08. The van der Waals surface area contributed by atoms with Crippen molar-refractivity contribution in [2.45, 2.75) is 50.5 Å². The van der Waals surface area contributed by atoms with E-state index in [1.54, 1.807) is 6.33 Å². The zero-order valence-electron chi connectivity index (χ0n) is 9.83. The maximum Gasteiger partial charge on any atom is 0.138 e. The fraction of sp³-hybridized carbons (Fsp3) is 0.818. The van der Waals surface area contributed by atoms with Crippen LogP contribution in [0.1, 0.15) is 38.6 Å². The Morgan fingerprint density at radius 2 is 2.44 bits per heavy atom. The largest absolute Gasteiger partial charge is 0.392 e.